The van der Waals surface area contributed by atoms with E-state index in [4.69, 9.17) is 5.73 Å². The molecule has 0 amide bonds. The lowest BCUT2D eigenvalue weighted by Gasteiger charge is -2.12. The molecule has 0 aliphatic rings. The van der Waals surface area contributed by atoms with Crippen LogP contribution in [0, 0.1) is 6.92 Å². The van der Waals surface area contributed by atoms with E-state index in [9.17, 15) is 0 Å². The second kappa shape index (κ2) is 5.98. The van der Waals surface area contributed by atoms with Crippen molar-refractivity contribution in [1.29, 1.82) is 0 Å². The van der Waals surface area contributed by atoms with Crippen molar-refractivity contribution < 1.29 is 0 Å². The molecule has 0 aliphatic heterocycles. The fourth-order valence-corrected chi connectivity index (χ4v) is 2.93. The molecule has 2 aromatic rings. The number of benzene rings is 1. The fourth-order valence-electron chi connectivity index (χ4n) is 1.86. The molecular weight excluding hydrogens is 242 g/mol. The second-order valence-electron chi connectivity index (χ2n) is 4.34. The van der Waals surface area contributed by atoms with Crippen LogP contribution in [0.2, 0.25) is 0 Å². The molecule has 0 saturated carbocycles. The van der Waals surface area contributed by atoms with Gasteiger partial charge in [-0.1, -0.05) is 30.3 Å². The summed E-state index contributed by atoms with van der Waals surface area (Å²) in [5.41, 5.74) is 7.95. The van der Waals surface area contributed by atoms with Crippen molar-refractivity contribution in [1.82, 2.24) is 4.98 Å². The highest BCUT2D eigenvalue weighted by atomic mass is 32.1. The molecule has 18 heavy (non-hydrogen) atoms. The molecule has 1 heterocycles. The highest BCUT2D eigenvalue weighted by molar-refractivity contribution is 7.15. The van der Waals surface area contributed by atoms with Gasteiger partial charge in [0.15, 0.2) is 5.13 Å². The molecule has 0 fully saturated rings. The Balaban J connectivity index is 2.07. The highest BCUT2D eigenvalue weighted by Crippen LogP contribution is 2.26. The van der Waals surface area contributed by atoms with Crippen LogP contribution >= 0.6 is 11.3 Å². The Morgan fingerprint density at radius 3 is 2.72 bits per heavy atom. The van der Waals surface area contributed by atoms with Crippen molar-refractivity contribution in [2.75, 3.05) is 11.9 Å². The normalized spacial score (nSPS) is 12.4. The van der Waals surface area contributed by atoms with Crippen LogP contribution in [0.15, 0.2) is 30.3 Å². The largest absolute Gasteiger partial charge is 0.355 e. The second-order valence-corrected chi connectivity index (χ2v) is 5.43. The molecular formula is C14H19N3S. The van der Waals surface area contributed by atoms with Crippen LogP contribution in [0.1, 0.15) is 29.1 Å². The van der Waals surface area contributed by atoms with Gasteiger partial charge in [0.2, 0.25) is 0 Å². The molecule has 1 atom stereocenters. The summed E-state index contributed by atoms with van der Waals surface area (Å²) < 4.78 is 0. The molecule has 2 rings (SSSR count). The number of nitrogens with zero attached hydrogens (tertiary/aromatic N) is 1. The van der Waals surface area contributed by atoms with Crippen molar-refractivity contribution in [2.45, 2.75) is 26.3 Å². The Morgan fingerprint density at radius 1 is 1.33 bits per heavy atom. The monoisotopic (exact) mass is 261 g/mol. The molecule has 1 unspecified atom stereocenters. The van der Waals surface area contributed by atoms with E-state index >= 15 is 0 Å². The number of nitrogens with two attached hydrogens (primary N) is 1. The first-order chi connectivity index (χ1) is 8.70. The van der Waals surface area contributed by atoms with Gasteiger partial charge in [0, 0.05) is 4.88 Å². The van der Waals surface area contributed by atoms with Gasteiger partial charge < -0.3 is 11.1 Å². The van der Waals surface area contributed by atoms with Crippen molar-refractivity contribution in [3.63, 3.8) is 0 Å². The molecule has 0 saturated heterocycles. The van der Waals surface area contributed by atoms with Gasteiger partial charge in [-0.25, -0.2) is 4.98 Å². The smallest absolute Gasteiger partial charge is 0.183 e. The molecule has 1 aromatic heterocycles. The van der Waals surface area contributed by atoms with Crippen LogP contribution in [0.5, 0.6) is 0 Å². The van der Waals surface area contributed by atoms with Gasteiger partial charge in [0.25, 0.3) is 0 Å². The summed E-state index contributed by atoms with van der Waals surface area (Å²) in [6, 6.07) is 10.7. The number of rotatable bonds is 5. The van der Waals surface area contributed by atoms with Crippen LogP contribution in [0.4, 0.5) is 5.13 Å². The minimum atomic E-state index is 0.266. The number of thiazole rings is 1. The van der Waals surface area contributed by atoms with Gasteiger partial charge in [-0.05, 0) is 32.4 Å². The Labute approximate surface area is 112 Å². The lowest BCUT2D eigenvalue weighted by molar-refractivity contribution is 0.880. The molecule has 3 N–H and O–H groups in total. The maximum absolute atomic E-state index is 5.59. The number of aromatic nitrogens is 1. The summed E-state index contributed by atoms with van der Waals surface area (Å²) in [5, 5.41) is 4.42. The van der Waals surface area contributed by atoms with E-state index in [1.807, 2.05) is 13.0 Å². The molecule has 1 aromatic carbocycles. The molecule has 0 spiro atoms. The zero-order valence-corrected chi connectivity index (χ0v) is 11.6. The third-order valence-corrected chi connectivity index (χ3v) is 4.05. The first-order valence-corrected chi connectivity index (χ1v) is 7.00. The Bertz CT molecular complexity index is 493. The number of hydrogen-bond donors (Lipinski definition) is 2. The lowest BCUT2D eigenvalue weighted by Crippen LogP contribution is -2.05. The molecule has 0 radical (unpaired) electrons. The van der Waals surface area contributed by atoms with E-state index in [0.717, 1.165) is 17.2 Å². The topological polar surface area (TPSA) is 50.9 Å². The predicted octanol–water partition coefficient (Wildman–Crippen LogP) is 3.13. The van der Waals surface area contributed by atoms with Crippen molar-refractivity contribution in [3.05, 3.63) is 46.5 Å². The van der Waals surface area contributed by atoms with E-state index in [0.29, 0.717) is 6.54 Å². The summed E-state index contributed by atoms with van der Waals surface area (Å²) >= 11 is 1.70. The predicted molar refractivity (Wildman–Crippen MR) is 78.1 cm³/mol. The fraction of sp³-hybridized carbons (Fsp3) is 0.357. The van der Waals surface area contributed by atoms with Crippen molar-refractivity contribution in [2.24, 2.45) is 5.73 Å². The number of nitrogens with one attached hydrogen (secondary N) is 1. The Hall–Kier alpha value is -1.39. The minimum Gasteiger partial charge on any atom is -0.355 e. The number of anilines is 1. The van der Waals surface area contributed by atoms with Crippen molar-refractivity contribution >= 4 is 16.5 Å². The average molecular weight is 261 g/mol. The summed E-state index contributed by atoms with van der Waals surface area (Å²) in [6.45, 7) is 4.87. The maximum atomic E-state index is 5.59. The molecule has 0 bridgehead atoms. The molecule has 96 valence electrons. The van der Waals surface area contributed by atoms with Gasteiger partial charge >= 0.3 is 0 Å². The summed E-state index contributed by atoms with van der Waals surface area (Å²) in [4.78, 5) is 5.82. The standard InChI is InChI=1S/C14H19N3S/c1-10(12-6-4-3-5-7-12)16-14-17-11(2)13(18-14)8-9-15/h3-7,10H,8-9,15H2,1-2H3,(H,16,17). The van der Waals surface area contributed by atoms with Crippen LogP contribution in [-0.4, -0.2) is 11.5 Å². The van der Waals surface area contributed by atoms with Gasteiger partial charge in [-0.3, -0.25) is 0 Å². The van der Waals surface area contributed by atoms with E-state index in [1.54, 1.807) is 11.3 Å². The summed E-state index contributed by atoms with van der Waals surface area (Å²) in [5.74, 6) is 0. The van der Waals surface area contributed by atoms with Gasteiger partial charge in [-0.15, -0.1) is 11.3 Å². The van der Waals surface area contributed by atoms with Crippen LogP contribution in [-0.2, 0) is 6.42 Å². The third kappa shape index (κ3) is 3.09. The zero-order chi connectivity index (χ0) is 13.0. The number of hydrogen-bond acceptors (Lipinski definition) is 4. The van der Waals surface area contributed by atoms with Crippen molar-refractivity contribution in [3.8, 4) is 0 Å². The SMILES string of the molecule is Cc1nc(NC(C)c2ccccc2)sc1CCN. The lowest BCUT2D eigenvalue weighted by atomic mass is 10.1. The summed E-state index contributed by atoms with van der Waals surface area (Å²) in [7, 11) is 0. The zero-order valence-electron chi connectivity index (χ0n) is 10.8. The Morgan fingerprint density at radius 2 is 2.06 bits per heavy atom. The highest BCUT2D eigenvalue weighted by Gasteiger charge is 2.10. The molecule has 4 heteroatoms. The van der Waals surface area contributed by atoms with Crippen LogP contribution in [0.3, 0.4) is 0 Å². The quantitative estimate of drug-likeness (QED) is 0.869. The first kappa shape index (κ1) is 13.1. The van der Waals surface area contributed by atoms with E-state index in [2.05, 4.69) is 41.5 Å². The number of aryl methyl sites for hydroxylation is 1. The average Bonchev–Trinajstić information content (AvgIpc) is 2.71. The van der Waals surface area contributed by atoms with Crippen LogP contribution in [0.25, 0.3) is 0 Å². The maximum Gasteiger partial charge on any atom is 0.183 e. The van der Waals surface area contributed by atoms with Gasteiger partial charge in [-0.2, -0.15) is 0 Å². The van der Waals surface area contributed by atoms with Crippen LogP contribution < -0.4 is 11.1 Å². The molecule has 0 aliphatic carbocycles. The van der Waals surface area contributed by atoms with E-state index in [1.165, 1.54) is 10.4 Å². The van der Waals surface area contributed by atoms with Gasteiger partial charge in [0.1, 0.15) is 0 Å². The van der Waals surface area contributed by atoms with E-state index in [-0.39, 0.29) is 6.04 Å². The van der Waals surface area contributed by atoms with Gasteiger partial charge in [0.05, 0.1) is 11.7 Å². The molecule has 3 nitrogen and oxygen atoms in total. The Kier molecular flexibility index (Phi) is 4.33. The van der Waals surface area contributed by atoms with E-state index < -0.39 is 0 Å². The summed E-state index contributed by atoms with van der Waals surface area (Å²) in [6.07, 6.45) is 0.908. The first-order valence-electron chi connectivity index (χ1n) is 6.18. The third-order valence-electron chi connectivity index (χ3n) is 2.90. The minimum absolute atomic E-state index is 0.266.